The SMILES string of the molecule is O=C1CN(CCCC2CC2)C(=O)C2(CCCCC2)N1. The number of carbonyl (C=O) groups excluding carboxylic acids is 2. The van der Waals surface area contributed by atoms with Gasteiger partial charge in [0.1, 0.15) is 5.54 Å². The highest BCUT2D eigenvalue weighted by molar-refractivity contribution is 5.98. The molecule has 2 amide bonds. The van der Waals surface area contributed by atoms with Crippen LogP contribution in [0.5, 0.6) is 0 Å². The van der Waals surface area contributed by atoms with Crippen molar-refractivity contribution in [1.82, 2.24) is 10.2 Å². The monoisotopic (exact) mass is 264 g/mol. The van der Waals surface area contributed by atoms with Gasteiger partial charge in [-0.25, -0.2) is 0 Å². The lowest BCUT2D eigenvalue weighted by atomic mass is 9.79. The van der Waals surface area contributed by atoms with Crippen LogP contribution in [0.15, 0.2) is 0 Å². The molecular formula is C15H24N2O2. The van der Waals surface area contributed by atoms with Crippen LogP contribution < -0.4 is 5.32 Å². The zero-order chi connectivity index (χ0) is 13.3. The lowest BCUT2D eigenvalue weighted by Gasteiger charge is -2.44. The summed E-state index contributed by atoms with van der Waals surface area (Å²) in [7, 11) is 0. The Kier molecular flexibility index (Phi) is 3.50. The number of rotatable bonds is 4. The highest BCUT2D eigenvalue weighted by Gasteiger charge is 2.46. The first kappa shape index (κ1) is 12.9. The highest BCUT2D eigenvalue weighted by atomic mass is 16.2. The van der Waals surface area contributed by atoms with E-state index in [4.69, 9.17) is 0 Å². The predicted molar refractivity (Wildman–Crippen MR) is 72.5 cm³/mol. The second-order valence-electron chi connectivity index (χ2n) is 6.50. The molecule has 3 rings (SSSR count). The number of hydrogen-bond acceptors (Lipinski definition) is 2. The van der Waals surface area contributed by atoms with E-state index in [1.54, 1.807) is 0 Å². The molecule has 1 N–H and O–H groups in total. The highest BCUT2D eigenvalue weighted by Crippen LogP contribution is 2.34. The van der Waals surface area contributed by atoms with Gasteiger partial charge in [-0.1, -0.05) is 32.1 Å². The molecule has 1 aliphatic heterocycles. The fraction of sp³-hybridized carbons (Fsp3) is 0.867. The number of amides is 2. The van der Waals surface area contributed by atoms with E-state index in [1.807, 2.05) is 4.90 Å². The molecule has 0 bridgehead atoms. The Balaban J connectivity index is 1.62. The zero-order valence-corrected chi connectivity index (χ0v) is 11.6. The molecule has 0 aromatic carbocycles. The lowest BCUT2D eigenvalue weighted by molar-refractivity contribution is -0.151. The summed E-state index contributed by atoms with van der Waals surface area (Å²) in [5.41, 5.74) is -0.548. The normalized spacial score (nSPS) is 26.6. The van der Waals surface area contributed by atoms with Crippen molar-refractivity contribution in [2.45, 2.75) is 63.3 Å². The molecule has 1 spiro atoms. The molecule has 4 nitrogen and oxygen atoms in total. The fourth-order valence-electron chi connectivity index (χ4n) is 3.56. The van der Waals surface area contributed by atoms with Crippen molar-refractivity contribution in [3.8, 4) is 0 Å². The van der Waals surface area contributed by atoms with Gasteiger partial charge in [-0.15, -0.1) is 0 Å². The summed E-state index contributed by atoms with van der Waals surface area (Å²) in [5, 5.41) is 2.99. The molecule has 0 aromatic heterocycles. The minimum atomic E-state index is -0.548. The lowest BCUT2D eigenvalue weighted by Crippen LogP contribution is -2.67. The van der Waals surface area contributed by atoms with E-state index in [0.29, 0.717) is 0 Å². The van der Waals surface area contributed by atoms with Crippen LogP contribution >= 0.6 is 0 Å². The van der Waals surface area contributed by atoms with E-state index in [1.165, 1.54) is 25.7 Å². The van der Waals surface area contributed by atoms with Gasteiger partial charge in [0, 0.05) is 6.54 Å². The summed E-state index contributed by atoms with van der Waals surface area (Å²) in [6.07, 6.45) is 9.96. The largest absolute Gasteiger partial charge is 0.340 e. The third-order valence-corrected chi connectivity index (χ3v) is 4.85. The summed E-state index contributed by atoms with van der Waals surface area (Å²) in [6.45, 7) is 1.04. The van der Waals surface area contributed by atoms with Gasteiger partial charge in [-0.05, 0) is 31.6 Å². The Morgan fingerprint density at radius 2 is 1.89 bits per heavy atom. The van der Waals surface area contributed by atoms with Crippen LogP contribution in [0.25, 0.3) is 0 Å². The van der Waals surface area contributed by atoms with Gasteiger partial charge in [-0.2, -0.15) is 0 Å². The van der Waals surface area contributed by atoms with Gasteiger partial charge in [-0.3, -0.25) is 9.59 Å². The summed E-state index contributed by atoms with van der Waals surface area (Å²) < 4.78 is 0. The fourth-order valence-corrected chi connectivity index (χ4v) is 3.56. The van der Waals surface area contributed by atoms with Crippen LogP contribution in [-0.2, 0) is 9.59 Å². The first-order valence-electron chi connectivity index (χ1n) is 7.80. The molecular weight excluding hydrogens is 240 g/mol. The topological polar surface area (TPSA) is 49.4 Å². The van der Waals surface area contributed by atoms with Crippen molar-refractivity contribution in [2.75, 3.05) is 13.1 Å². The van der Waals surface area contributed by atoms with Crippen molar-refractivity contribution in [2.24, 2.45) is 5.92 Å². The summed E-state index contributed by atoms with van der Waals surface area (Å²) in [5.74, 6) is 1.12. The Morgan fingerprint density at radius 1 is 1.16 bits per heavy atom. The van der Waals surface area contributed by atoms with Crippen molar-refractivity contribution < 1.29 is 9.59 Å². The predicted octanol–water partition coefficient (Wildman–Crippen LogP) is 1.84. The number of nitrogens with zero attached hydrogens (tertiary/aromatic N) is 1. The maximum Gasteiger partial charge on any atom is 0.248 e. The van der Waals surface area contributed by atoms with Gasteiger partial charge in [0.15, 0.2) is 0 Å². The minimum absolute atomic E-state index is 0.0351. The van der Waals surface area contributed by atoms with Crippen LogP contribution in [-0.4, -0.2) is 35.3 Å². The van der Waals surface area contributed by atoms with E-state index >= 15 is 0 Å². The van der Waals surface area contributed by atoms with Crippen LogP contribution in [0.2, 0.25) is 0 Å². The molecule has 0 atom stereocenters. The van der Waals surface area contributed by atoms with E-state index in [2.05, 4.69) is 5.32 Å². The Bertz CT molecular complexity index is 370. The van der Waals surface area contributed by atoms with Crippen molar-refractivity contribution in [3.05, 3.63) is 0 Å². The average Bonchev–Trinajstić information content (AvgIpc) is 3.20. The van der Waals surface area contributed by atoms with Gasteiger partial charge in [0.2, 0.25) is 11.8 Å². The third kappa shape index (κ3) is 2.77. The molecule has 0 radical (unpaired) electrons. The molecule has 19 heavy (non-hydrogen) atoms. The van der Waals surface area contributed by atoms with E-state index in [-0.39, 0.29) is 18.4 Å². The Morgan fingerprint density at radius 3 is 2.58 bits per heavy atom. The van der Waals surface area contributed by atoms with Crippen molar-refractivity contribution in [1.29, 1.82) is 0 Å². The maximum absolute atomic E-state index is 12.7. The summed E-state index contributed by atoms with van der Waals surface area (Å²) in [4.78, 5) is 26.4. The van der Waals surface area contributed by atoms with Gasteiger partial charge in [0.25, 0.3) is 0 Å². The second-order valence-corrected chi connectivity index (χ2v) is 6.50. The van der Waals surface area contributed by atoms with E-state index < -0.39 is 5.54 Å². The van der Waals surface area contributed by atoms with Gasteiger partial charge >= 0.3 is 0 Å². The molecule has 0 unspecified atom stereocenters. The van der Waals surface area contributed by atoms with E-state index in [9.17, 15) is 9.59 Å². The van der Waals surface area contributed by atoms with E-state index in [0.717, 1.165) is 44.6 Å². The molecule has 3 aliphatic rings. The maximum atomic E-state index is 12.7. The second kappa shape index (κ2) is 5.14. The van der Waals surface area contributed by atoms with Gasteiger partial charge in [0.05, 0.1) is 6.54 Å². The average molecular weight is 264 g/mol. The molecule has 2 saturated carbocycles. The molecule has 106 valence electrons. The summed E-state index contributed by atoms with van der Waals surface area (Å²) >= 11 is 0. The van der Waals surface area contributed by atoms with Crippen LogP contribution in [0.1, 0.15) is 57.8 Å². The van der Waals surface area contributed by atoms with Crippen LogP contribution in [0.3, 0.4) is 0 Å². The smallest absolute Gasteiger partial charge is 0.248 e. The third-order valence-electron chi connectivity index (χ3n) is 4.85. The number of piperazine rings is 1. The minimum Gasteiger partial charge on any atom is -0.340 e. The number of carbonyl (C=O) groups is 2. The molecule has 2 aliphatic carbocycles. The Labute approximate surface area is 114 Å². The van der Waals surface area contributed by atoms with Crippen LogP contribution in [0, 0.1) is 5.92 Å². The molecule has 3 fully saturated rings. The Hall–Kier alpha value is -1.06. The van der Waals surface area contributed by atoms with Gasteiger partial charge < -0.3 is 10.2 Å². The molecule has 1 heterocycles. The van der Waals surface area contributed by atoms with Crippen molar-refractivity contribution >= 4 is 11.8 Å². The van der Waals surface area contributed by atoms with Crippen LogP contribution in [0.4, 0.5) is 0 Å². The quantitative estimate of drug-likeness (QED) is 0.842. The first-order valence-corrected chi connectivity index (χ1v) is 7.80. The number of hydrogen-bond donors (Lipinski definition) is 1. The van der Waals surface area contributed by atoms with Crippen molar-refractivity contribution in [3.63, 3.8) is 0 Å². The summed E-state index contributed by atoms with van der Waals surface area (Å²) in [6, 6.07) is 0. The standard InChI is InChI=1S/C15H24N2O2/c18-13-11-17(10-4-5-12-6-7-12)14(19)15(16-13)8-2-1-3-9-15/h12H,1-11H2,(H,16,18). The molecule has 1 saturated heterocycles. The molecule has 4 heteroatoms. The molecule has 0 aromatic rings. The number of nitrogens with one attached hydrogen (secondary N) is 1. The first-order chi connectivity index (χ1) is 9.20. The zero-order valence-electron chi connectivity index (χ0n) is 11.6.